The van der Waals surface area contributed by atoms with Crippen molar-refractivity contribution >= 4 is 11.9 Å². The number of nitrogens with two attached hydrogens (primary N) is 2. The Balaban J connectivity index is 2.56. The molecule has 3 unspecified atom stereocenters. The van der Waals surface area contributed by atoms with Gasteiger partial charge in [0, 0.05) is 26.2 Å². The first-order chi connectivity index (χ1) is 6.97. The highest BCUT2D eigenvalue weighted by molar-refractivity contribution is 5.83. The molecule has 0 aromatic rings. The molecule has 0 saturated carbocycles. The first kappa shape index (κ1) is 11.9. The highest BCUT2D eigenvalue weighted by Crippen LogP contribution is 2.32. The van der Waals surface area contributed by atoms with Crippen LogP contribution in [0.15, 0.2) is 0 Å². The molecule has 3 atom stereocenters. The topological polar surface area (TPSA) is 130 Å². The van der Waals surface area contributed by atoms with Crippen molar-refractivity contribution < 1.29 is 19.8 Å². The van der Waals surface area contributed by atoms with E-state index < -0.39 is 23.4 Å². The summed E-state index contributed by atoms with van der Waals surface area (Å²) in [7, 11) is 0. The fraction of sp³-hybridized carbons (Fsp3) is 0.750. The Morgan fingerprint density at radius 2 is 2.00 bits per heavy atom. The van der Waals surface area contributed by atoms with Gasteiger partial charge < -0.3 is 21.7 Å². The molecular formula is C8H15N3O4. The van der Waals surface area contributed by atoms with Crippen LogP contribution in [0.5, 0.6) is 0 Å². The third-order valence-corrected chi connectivity index (χ3v) is 2.76. The number of rotatable bonds is 6. The smallest absolute Gasteiger partial charge is 0.326 e. The number of carboxylic acids is 2. The van der Waals surface area contributed by atoms with Crippen LogP contribution in [0.3, 0.4) is 0 Å². The molecule has 0 radical (unpaired) electrons. The second-order valence-corrected chi connectivity index (χ2v) is 3.69. The molecule has 0 spiro atoms. The van der Waals surface area contributed by atoms with Gasteiger partial charge in [-0.05, 0) is 0 Å². The lowest BCUT2D eigenvalue weighted by molar-refractivity contribution is -0.144. The molecule has 6 N–H and O–H groups in total. The maximum Gasteiger partial charge on any atom is 0.326 e. The van der Waals surface area contributed by atoms with Gasteiger partial charge in [-0.3, -0.25) is 14.5 Å². The zero-order chi connectivity index (χ0) is 11.6. The van der Waals surface area contributed by atoms with Gasteiger partial charge in [-0.25, -0.2) is 0 Å². The lowest BCUT2D eigenvalue weighted by Crippen LogP contribution is -2.40. The summed E-state index contributed by atoms with van der Waals surface area (Å²) in [5, 5.41) is 17.6. The molecule has 0 aliphatic carbocycles. The van der Waals surface area contributed by atoms with Gasteiger partial charge in [0.25, 0.3) is 0 Å². The molecule has 7 heteroatoms. The average molecular weight is 217 g/mol. The SMILES string of the molecule is NCC(CN1CC1(CN)C(=O)O)C(=O)O. The van der Waals surface area contributed by atoms with Crippen LogP contribution in [0.1, 0.15) is 0 Å². The molecule has 0 amide bonds. The van der Waals surface area contributed by atoms with E-state index in [4.69, 9.17) is 21.7 Å². The molecular weight excluding hydrogens is 202 g/mol. The molecule has 1 saturated heterocycles. The van der Waals surface area contributed by atoms with Crippen molar-refractivity contribution in [1.82, 2.24) is 4.90 Å². The van der Waals surface area contributed by atoms with E-state index in [0.717, 1.165) is 0 Å². The van der Waals surface area contributed by atoms with Crippen molar-refractivity contribution in [2.75, 3.05) is 26.2 Å². The molecule has 1 fully saturated rings. The lowest BCUT2D eigenvalue weighted by Gasteiger charge is -2.14. The number of hydrogen-bond acceptors (Lipinski definition) is 5. The second kappa shape index (κ2) is 4.13. The van der Waals surface area contributed by atoms with Crippen molar-refractivity contribution in [2.45, 2.75) is 5.54 Å². The Morgan fingerprint density at radius 1 is 1.40 bits per heavy atom. The largest absolute Gasteiger partial charge is 0.481 e. The second-order valence-electron chi connectivity index (χ2n) is 3.69. The average Bonchev–Trinajstić information content (AvgIpc) is 2.88. The summed E-state index contributed by atoms with van der Waals surface area (Å²) in [6, 6.07) is 0. The summed E-state index contributed by atoms with van der Waals surface area (Å²) in [6.45, 7) is 0.406. The van der Waals surface area contributed by atoms with Crippen LogP contribution in [-0.4, -0.2) is 58.8 Å². The molecule has 1 rings (SSSR count). The first-order valence-corrected chi connectivity index (χ1v) is 4.59. The maximum atomic E-state index is 10.9. The van der Waals surface area contributed by atoms with E-state index in [-0.39, 0.29) is 19.6 Å². The summed E-state index contributed by atoms with van der Waals surface area (Å²) >= 11 is 0. The number of carbonyl (C=O) groups is 2. The van der Waals surface area contributed by atoms with Gasteiger partial charge in [0.05, 0.1) is 5.92 Å². The minimum atomic E-state index is -1.07. The van der Waals surface area contributed by atoms with Gasteiger partial charge >= 0.3 is 11.9 Å². The standard InChI is InChI=1S/C8H15N3O4/c9-1-5(6(12)13)2-11-4-8(11,3-10)7(14)15/h5H,1-4,9-10H2,(H,12,13)(H,14,15). The van der Waals surface area contributed by atoms with Crippen LogP contribution >= 0.6 is 0 Å². The minimum Gasteiger partial charge on any atom is -0.481 e. The molecule has 1 heterocycles. The van der Waals surface area contributed by atoms with Crippen molar-refractivity contribution in [3.63, 3.8) is 0 Å². The van der Waals surface area contributed by atoms with E-state index in [1.165, 1.54) is 4.90 Å². The Labute approximate surface area is 86.6 Å². The van der Waals surface area contributed by atoms with Crippen LogP contribution in [0.2, 0.25) is 0 Å². The predicted octanol–water partition coefficient (Wildman–Crippen LogP) is -2.26. The van der Waals surface area contributed by atoms with Gasteiger partial charge in [-0.2, -0.15) is 0 Å². The summed E-state index contributed by atoms with van der Waals surface area (Å²) in [4.78, 5) is 23.1. The molecule has 1 aliphatic heterocycles. The fourth-order valence-electron chi connectivity index (χ4n) is 1.52. The zero-order valence-electron chi connectivity index (χ0n) is 8.22. The van der Waals surface area contributed by atoms with Crippen molar-refractivity contribution in [3.8, 4) is 0 Å². The lowest BCUT2D eigenvalue weighted by atomic mass is 10.1. The minimum absolute atomic E-state index is 0.00783. The van der Waals surface area contributed by atoms with Crippen molar-refractivity contribution in [3.05, 3.63) is 0 Å². The van der Waals surface area contributed by atoms with E-state index >= 15 is 0 Å². The molecule has 0 aromatic carbocycles. The van der Waals surface area contributed by atoms with Crippen LogP contribution in [0, 0.1) is 5.92 Å². The Hall–Kier alpha value is -1.18. The normalized spacial score (nSPS) is 30.9. The third kappa shape index (κ3) is 2.09. The summed E-state index contributed by atoms with van der Waals surface area (Å²) in [5.41, 5.74) is 9.56. The number of hydrogen-bond donors (Lipinski definition) is 4. The third-order valence-electron chi connectivity index (χ3n) is 2.76. The highest BCUT2D eigenvalue weighted by atomic mass is 16.4. The van der Waals surface area contributed by atoms with Crippen LogP contribution < -0.4 is 11.5 Å². The van der Waals surface area contributed by atoms with Crippen molar-refractivity contribution in [2.24, 2.45) is 17.4 Å². The van der Waals surface area contributed by atoms with Gasteiger partial charge in [0.1, 0.15) is 5.54 Å². The van der Waals surface area contributed by atoms with E-state index in [9.17, 15) is 9.59 Å². The van der Waals surface area contributed by atoms with E-state index in [0.29, 0.717) is 6.54 Å². The molecule has 15 heavy (non-hydrogen) atoms. The molecule has 0 bridgehead atoms. The van der Waals surface area contributed by atoms with Crippen LogP contribution in [0.4, 0.5) is 0 Å². The Kier molecular flexibility index (Phi) is 3.28. The predicted molar refractivity (Wildman–Crippen MR) is 51.2 cm³/mol. The molecule has 0 aromatic heterocycles. The number of nitrogens with zero attached hydrogens (tertiary/aromatic N) is 1. The molecule has 1 aliphatic rings. The first-order valence-electron chi connectivity index (χ1n) is 4.59. The number of aliphatic carboxylic acids is 2. The monoisotopic (exact) mass is 217 g/mol. The summed E-state index contributed by atoms with van der Waals surface area (Å²) < 4.78 is 0. The van der Waals surface area contributed by atoms with E-state index in [2.05, 4.69) is 0 Å². The maximum absolute atomic E-state index is 10.9. The van der Waals surface area contributed by atoms with Gasteiger partial charge in [0.15, 0.2) is 0 Å². The van der Waals surface area contributed by atoms with Gasteiger partial charge in [0.2, 0.25) is 0 Å². The van der Waals surface area contributed by atoms with Crippen molar-refractivity contribution in [1.29, 1.82) is 0 Å². The zero-order valence-corrected chi connectivity index (χ0v) is 8.22. The highest BCUT2D eigenvalue weighted by Gasteiger charge is 2.58. The molecule has 7 nitrogen and oxygen atoms in total. The van der Waals surface area contributed by atoms with Crippen LogP contribution in [-0.2, 0) is 9.59 Å². The number of carboxylic acid groups (broad SMARTS) is 2. The van der Waals surface area contributed by atoms with Gasteiger partial charge in [-0.1, -0.05) is 0 Å². The van der Waals surface area contributed by atoms with Gasteiger partial charge in [-0.15, -0.1) is 0 Å². The van der Waals surface area contributed by atoms with E-state index in [1.807, 2.05) is 0 Å². The summed E-state index contributed by atoms with van der Waals surface area (Å²) in [5.74, 6) is -2.76. The quantitative estimate of drug-likeness (QED) is 0.369. The van der Waals surface area contributed by atoms with Crippen LogP contribution in [0.25, 0.3) is 0 Å². The molecule has 86 valence electrons. The van der Waals surface area contributed by atoms with E-state index in [1.54, 1.807) is 0 Å². The fourth-order valence-corrected chi connectivity index (χ4v) is 1.52. The summed E-state index contributed by atoms with van der Waals surface area (Å²) in [6.07, 6.45) is 0. The Morgan fingerprint density at radius 3 is 2.27 bits per heavy atom. The Bertz CT molecular complexity index is 283.